The molecule has 0 aromatic heterocycles. The lowest BCUT2D eigenvalue weighted by Crippen LogP contribution is -2.06. The van der Waals surface area contributed by atoms with E-state index in [1.807, 2.05) is 0 Å². The predicted molar refractivity (Wildman–Crippen MR) is 80.5 cm³/mol. The molecule has 2 aromatic rings. The van der Waals surface area contributed by atoms with Gasteiger partial charge in [-0.1, -0.05) is 15.9 Å². The molecule has 1 atom stereocenters. The van der Waals surface area contributed by atoms with Gasteiger partial charge in [0.1, 0.15) is 17.4 Å². The van der Waals surface area contributed by atoms with Crippen molar-refractivity contribution in [1.29, 1.82) is 0 Å². The van der Waals surface area contributed by atoms with Gasteiger partial charge in [-0.3, -0.25) is 0 Å². The average molecular weight is 357 g/mol. The minimum Gasteiger partial charge on any atom is -0.497 e. The molecule has 2 nitrogen and oxygen atoms in total. The van der Waals surface area contributed by atoms with Crippen molar-refractivity contribution in [3.63, 3.8) is 0 Å². The van der Waals surface area contributed by atoms with Gasteiger partial charge in [-0.25, -0.2) is 8.78 Å². The maximum Gasteiger partial charge on any atom is 0.131 e. The highest BCUT2D eigenvalue weighted by molar-refractivity contribution is 9.10. The highest BCUT2D eigenvalue weighted by atomic mass is 79.9. The Bertz CT molecular complexity index is 659. The summed E-state index contributed by atoms with van der Waals surface area (Å²) in [6, 6.07) is 7.48. The first-order valence-corrected chi connectivity index (χ1v) is 7.17. The topological polar surface area (TPSA) is 29.5 Å². The Morgan fingerprint density at radius 2 is 1.90 bits per heavy atom. The second-order valence-corrected chi connectivity index (χ2v) is 5.65. The summed E-state index contributed by atoms with van der Waals surface area (Å²) in [5.41, 5.74) is 1.17. The first kappa shape index (κ1) is 15.9. The van der Waals surface area contributed by atoms with Gasteiger partial charge in [0, 0.05) is 22.5 Å². The van der Waals surface area contributed by atoms with E-state index in [4.69, 9.17) is 4.74 Å². The Morgan fingerprint density at radius 1 is 1.19 bits per heavy atom. The summed E-state index contributed by atoms with van der Waals surface area (Å²) >= 11 is 3.38. The summed E-state index contributed by atoms with van der Waals surface area (Å²) < 4.78 is 33.0. The molecule has 0 aliphatic carbocycles. The van der Waals surface area contributed by atoms with Crippen LogP contribution in [0.1, 0.15) is 22.8 Å². The zero-order valence-corrected chi connectivity index (χ0v) is 13.2. The number of hydrogen-bond donors (Lipinski definition) is 1. The Hall–Kier alpha value is -1.46. The van der Waals surface area contributed by atoms with Gasteiger partial charge >= 0.3 is 0 Å². The number of hydrogen-bond acceptors (Lipinski definition) is 2. The van der Waals surface area contributed by atoms with E-state index in [0.717, 1.165) is 16.1 Å². The predicted octanol–water partition coefficient (Wildman–Crippen LogP) is 4.32. The van der Waals surface area contributed by atoms with E-state index < -0.39 is 17.7 Å². The Labute approximate surface area is 130 Å². The van der Waals surface area contributed by atoms with Crippen LogP contribution in [-0.2, 0) is 6.42 Å². The van der Waals surface area contributed by atoms with E-state index >= 15 is 0 Å². The van der Waals surface area contributed by atoms with Gasteiger partial charge in [-0.05, 0) is 42.3 Å². The molecular weight excluding hydrogens is 342 g/mol. The lowest BCUT2D eigenvalue weighted by atomic mass is 9.99. The monoisotopic (exact) mass is 356 g/mol. The van der Waals surface area contributed by atoms with Crippen LogP contribution >= 0.6 is 15.9 Å². The van der Waals surface area contributed by atoms with Crippen molar-refractivity contribution in [2.24, 2.45) is 0 Å². The van der Waals surface area contributed by atoms with E-state index in [2.05, 4.69) is 15.9 Å². The van der Waals surface area contributed by atoms with Gasteiger partial charge in [-0.15, -0.1) is 0 Å². The second-order valence-electron chi connectivity index (χ2n) is 4.80. The maximum absolute atomic E-state index is 13.8. The summed E-state index contributed by atoms with van der Waals surface area (Å²) in [6.45, 7) is 1.53. The van der Waals surface area contributed by atoms with Gasteiger partial charge in [0.15, 0.2) is 0 Å². The van der Waals surface area contributed by atoms with Gasteiger partial charge < -0.3 is 9.84 Å². The summed E-state index contributed by atoms with van der Waals surface area (Å²) in [4.78, 5) is 0. The van der Waals surface area contributed by atoms with Crippen LogP contribution in [0.5, 0.6) is 5.75 Å². The highest BCUT2D eigenvalue weighted by Gasteiger charge is 2.17. The Balaban J connectivity index is 2.30. The molecule has 0 aliphatic rings. The summed E-state index contributed by atoms with van der Waals surface area (Å²) in [7, 11) is 1.55. The third-order valence-corrected chi connectivity index (χ3v) is 4.08. The van der Waals surface area contributed by atoms with Gasteiger partial charge in [0.2, 0.25) is 0 Å². The van der Waals surface area contributed by atoms with Crippen molar-refractivity contribution >= 4 is 15.9 Å². The van der Waals surface area contributed by atoms with Gasteiger partial charge in [0.25, 0.3) is 0 Å². The second kappa shape index (κ2) is 6.54. The standard InChI is InChI=1S/C16H15BrF2O2/c1-9-5-12(15(19)8-14(9)18)16(20)7-10-6-11(21-2)3-4-13(10)17/h3-6,8,16,20H,7H2,1-2H3. The number of ether oxygens (including phenoxy) is 1. The van der Waals surface area contributed by atoms with Crippen LogP contribution in [0.15, 0.2) is 34.8 Å². The molecule has 0 fully saturated rings. The summed E-state index contributed by atoms with van der Waals surface area (Å²) in [5.74, 6) is -0.716. The number of aryl methyl sites for hydroxylation is 1. The highest BCUT2D eigenvalue weighted by Crippen LogP contribution is 2.29. The maximum atomic E-state index is 13.8. The van der Waals surface area contributed by atoms with Crippen LogP contribution in [-0.4, -0.2) is 12.2 Å². The van der Waals surface area contributed by atoms with Crippen molar-refractivity contribution in [3.8, 4) is 5.75 Å². The minimum atomic E-state index is -1.06. The molecule has 0 saturated carbocycles. The van der Waals surface area contributed by atoms with Crippen molar-refractivity contribution in [3.05, 3.63) is 63.1 Å². The molecule has 0 amide bonds. The summed E-state index contributed by atoms with van der Waals surface area (Å²) in [6.07, 6.45) is -0.868. The SMILES string of the molecule is COc1ccc(Br)c(CC(O)c2cc(C)c(F)cc2F)c1. The number of rotatable bonds is 4. The van der Waals surface area contributed by atoms with Crippen molar-refractivity contribution in [2.75, 3.05) is 7.11 Å². The third kappa shape index (κ3) is 3.60. The fourth-order valence-electron chi connectivity index (χ4n) is 2.09. The molecule has 0 aliphatic heterocycles. The molecule has 1 N–H and O–H groups in total. The zero-order chi connectivity index (χ0) is 15.6. The first-order valence-electron chi connectivity index (χ1n) is 6.38. The molecule has 0 bridgehead atoms. The van der Waals surface area contributed by atoms with E-state index in [-0.39, 0.29) is 12.0 Å². The van der Waals surface area contributed by atoms with Crippen LogP contribution in [0, 0.1) is 18.6 Å². The largest absolute Gasteiger partial charge is 0.497 e. The number of halogens is 3. The van der Waals surface area contributed by atoms with Gasteiger partial charge in [0.05, 0.1) is 13.2 Å². The average Bonchev–Trinajstić information content (AvgIpc) is 2.45. The summed E-state index contributed by atoms with van der Waals surface area (Å²) in [5, 5.41) is 10.2. The van der Waals surface area contributed by atoms with Crippen molar-refractivity contribution in [1.82, 2.24) is 0 Å². The van der Waals surface area contributed by atoms with Crippen LogP contribution in [0.4, 0.5) is 8.78 Å². The molecule has 5 heteroatoms. The molecule has 2 rings (SSSR count). The number of aliphatic hydroxyl groups excluding tert-OH is 1. The quantitative estimate of drug-likeness (QED) is 0.883. The van der Waals surface area contributed by atoms with E-state index in [9.17, 15) is 13.9 Å². The molecule has 0 spiro atoms. The fraction of sp³-hybridized carbons (Fsp3) is 0.250. The van der Waals surface area contributed by atoms with Crippen LogP contribution < -0.4 is 4.74 Å². The molecule has 0 heterocycles. The Kier molecular flexibility index (Phi) is 4.96. The van der Waals surface area contributed by atoms with E-state index in [1.165, 1.54) is 13.0 Å². The molecule has 0 saturated heterocycles. The lowest BCUT2D eigenvalue weighted by Gasteiger charge is -2.15. The van der Waals surface area contributed by atoms with Crippen LogP contribution in [0.25, 0.3) is 0 Å². The van der Waals surface area contributed by atoms with Crippen molar-refractivity contribution in [2.45, 2.75) is 19.4 Å². The van der Waals surface area contributed by atoms with Crippen LogP contribution in [0.3, 0.4) is 0 Å². The van der Waals surface area contributed by atoms with E-state index in [0.29, 0.717) is 11.3 Å². The minimum absolute atomic E-state index is 0.0867. The number of benzene rings is 2. The molecule has 1 unspecified atom stereocenters. The number of methoxy groups -OCH3 is 1. The van der Waals surface area contributed by atoms with Crippen molar-refractivity contribution < 1.29 is 18.6 Å². The molecule has 21 heavy (non-hydrogen) atoms. The molecule has 112 valence electrons. The molecule has 0 radical (unpaired) electrons. The molecule has 2 aromatic carbocycles. The smallest absolute Gasteiger partial charge is 0.131 e. The third-order valence-electron chi connectivity index (χ3n) is 3.30. The fourth-order valence-corrected chi connectivity index (χ4v) is 2.50. The first-order chi connectivity index (χ1) is 9.92. The van der Waals surface area contributed by atoms with Crippen LogP contribution in [0.2, 0.25) is 0 Å². The number of aliphatic hydroxyl groups is 1. The van der Waals surface area contributed by atoms with E-state index in [1.54, 1.807) is 25.3 Å². The zero-order valence-electron chi connectivity index (χ0n) is 11.7. The van der Waals surface area contributed by atoms with Gasteiger partial charge in [-0.2, -0.15) is 0 Å². The lowest BCUT2D eigenvalue weighted by molar-refractivity contribution is 0.173. The molecular formula is C16H15BrF2O2. The Morgan fingerprint density at radius 3 is 2.57 bits per heavy atom. The normalized spacial score (nSPS) is 12.3.